The Labute approximate surface area is 165 Å². The molecule has 8 heteroatoms. The number of anilines is 2. The summed E-state index contributed by atoms with van der Waals surface area (Å²) in [5.41, 5.74) is 1.53. The molecule has 0 aliphatic heterocycles. The van der Waals surface area contributed by atoms with E-state index in [2.05, 4.69) is 10.3 Å². The molecule has 1 heterocycles. The van der Waals surface area contributed by atoms with E-state index in [4.69, 9.17) is 16.0 Å². The highest BCUT2D eigenvalue weighted by Gasteiger charge is 2.14. The summed E-state index contributed by atoms with van der Waals surface area (Å²) in [5, 5.41) is 3.33. The Bertz CT molecular complexity index is 1000. The van der Waals surface area contributed by atoms with Crippen molar-refractivity contribution in [3.8, 4) is 11.3 Å². The van der Waals surface area contributed by atoms with Crippen LogP contribution in [0.3, 0.4) is 0 Å². The minimum absolute atomic E-state index is 0.110. The molecule has 1 amide bonds. The van der Waals surface area contributed by atoms with Gasteiger partial charge in [-0.1, -0.05) is 11.6 Å². The summed E-state index contributed by atoms with van der Waals surface area (Å²) < 4.78 is 32.3. The number of halogens is 3. The Hall–Kier alpha value is -2.93. The van der Waals surface area contributed by atoms with Crippen LogP contribution in [0.25, 0.3) is 11.3 Å². The van der Waals surface area contributed by atoms with Gasteiger partial charge in [0.2, 0.25) is 5.91 Å². The molecule has 0 aliphatic carbocycles. The zero-order chi connectivity index (χ0) is 20.3. The van der Waals surface area contributed by atoms with Gasteiger partial charge in [-0.25, -0.2) is 13.8 Å². The Kier molecular flexibility index (Phi) is 5.94. The van der Waals surface area contributed by atoms with Gasteiger partial charge in [0, 0.05) is 38.0 Å². The fourth-order valence-corrected chi connectivity index (χ4v) is 2.84. The number of rotatable bonds is 6. The van der Waals surface area contributed by atoms with Crippen molar-refractivity contribution < 1.29 is 18.0 Å². The van der Waals surface area contributed by atoms with E-state index in [1.54, 1.807) is 12.1 Å². The van der Waals surface area contributed by atoms with E-state index in [9.17, 15) is 13.6 Å². The number of carbonyl (C=O) groups is 1. The highest BCUT2D eigenvalue weighted by Crippen LogP contribution is 2.28. The van der Waals surface area contributed by atoms with Crippen LogP contribution < -0.4 is 10.2 Å². The van der Waals surface area contributed by atoms with Crippen molar-refractivity contribution in [1.29, 1.82) is 0 Å². The number of hydrogen-bond acceptors (Lipinski definition) is 4. The predicted octanol–water partition coefficient (Wildman–Crippen LogP) is 4.91. The van der Waals surface area contributed by atoms with Crippen LogP contribution in [0.2, 0.25) is 5.02 Å². The van der Waals surface area contributed by atoms with E-state index in [0.717, 1.165) is 17.8 Å². The first-order valence-electron chi connectivity index (χ1n) is 8.50. The van der Waals surface area contributed by atoms with Crippen LogP contribution in [0.15, 0.2) is 47.0 Å². The van der Waals surface area contributed by atoms with Gasteiger partial charge >= 0.3 is 0 Å². The maximum absolute atomic E-state index is 13.8. The number of aromatic nitrogens is 1. The molecular formula is C20H18ClF2N3O2. The van der Waals surface area contributed by atoms with Crippen molar-refractivity contribution >= 4 is 28.9 Å². The van der Waals surface area contributed by atoms with Gasteiger partial charge in [-0.15, -0.1) is 0 Å². The number of aryl methyl sites for hydroxylation is 1. The van der Waals surface area contributed by atoms with Gasteiger partial charge in [0.1, 0.15) is 11.6 Å². The molecule has 0 atom stereocenters. The predicted molar refractivity (Wildman–Crippen MR) is 105 cm³/mol. The number of oxazole rings is 1. The molecular weight excluding hydrogens is 388 g/mol. The van der Waals surface area contributed by atoms with E-state index in [0.29, 0.717) is 10.7 Å². The summed E-state index contributed by atoms with van der Waals surface area (Å²) in [5.74, 6) is -1.18. The molecule has 146 valence electrons. The van der Waals surface area contributed by atoms with Crippen molar-refractivity contribution in [3.05, 3.63) is 65.1 Å². The number of nitrogens with zero attached hydrogens (tertiary/aromatic N) is 2. The lowest BCUT2D eigenvalue weighted by Crippen LogP contribution is -2.17. The van der Waals surface area contributed by atoms with Gasteiger partial charge in [-0.05, 0) is 30.3 Å². The van der Waals surface area contributed by atoms with Crippen LogP contribution >= 0.6 is 11.6 Å². The van der Waals surface area contributed by atoms with E-state index in [1.807, 2.05) is 25.1 Å². The van der Waals surface area contributed by atoms with E-state index >= 15 is 0 Å². The fraction of sp³-hybridized carbons (Fsp3) is 0.200. The highest BCUT2D eigenvalue weighted by atomic mass is 35.5. The first-order valence-corrected chi connectivity index (χ1v) is 8.88. The van der Waals surface area contributed by atoms with Crippen molar-refractivity contribution in [1.82, 2.24) is 4.98 Å². The molecule has 2 aromatic carbocycles. The quantitative estimate of drug-likeness (QED) is 0.633. The van der Waals surface area contributed by atoms with Crippen molar-refractivity contribution in [2.75, 3.05) is 24.3 Å². The van der Waals surface area contributed by atoms with E-state index in [1.165, 1.54) is 12.3 Å². The van der Waals surface area contributed by atoms with Gasteiger partial charge in [0.05, 0.1) is 23.1 Å². The largest absolute Gasteiger partial charge is 0.441 e. The summed E-state index contributed by atoms with van der Waals surface area (Å²) in [6.07, 6.45) is 1.70. The molecule has 0 unspecified atom stereocenters. The molecule has 3 aromatic rings. The molecule has 0 bridgehead atoms. The first kappa shape index (κ1) is 19.8. The Balaban J connectivity index is 1.65. The van der Waals surface area contributed by atoms with Gasteiger partial charge in [-0.2, -0.15) is 0 Å². The monoisotopic (exact) mass is 405 g/mol. The van der Waals surface area contributed by atoms with Crippen LogP contribution in [0, 0.1) is 11.6 Å². The molecule has 0 radical (unpaired) electrons. The van der Waals surface area contributed by atoms with Gasteiger partial charge in [-0.3, -0.25) is 4.79 Å². The summed E-state index contributed by atoms with van der Waals surface area (Å²) in [4.78, 5) is 18.2. The van der Waals surface area contributed by atoms with E-state index in [-0.39, 0.29) is 36.0 Å². The molecule has 0 aliphatic rings. The molecule has 1 aromatic heterocycles. The van der Waals surface area contributed by atoms with Crippen LogP contribution in [-0.4, -0.2) is 25.0 Å². The lowest BCUT2D eigenvalue weighted by Gasteiger charge is -2.18. The fourth-order valence-electron chi connectivity index (χ4n) is 2.67. The summed E-state index contributed by atoms with van der Waals surface area (Å²) in [7, 11) is 3.73. The van der Waals surface area contributed by atoms with Crippen LogP contribution in [0.4, 0.5) is 20.2 Å². The first-order chi connectivity index (χ1) is 13.3. The standard InChI is InChI=1S/C20H18ClF2N3O2/c1-26(2)17-6-3-12(21)9-16(17)25-19(27)7-8-20-24-11-18(28-20)14-5-4-13(22)10-15(14)23/h3-6,9-11H,7-8H2,1-2H3,(H,25,27). The van der Waals surface area contributed by atoms with Crippen LogP contribution in [0.1, 0.15) is 12.3 Å². The van der Waals surface area contributed by atoms with Gasteiger partial charge in [0.25, 0.3) is 0 Å². The maximum Gasteiger partial charge on any atom is 0.224 e. The topological polar surface area (TPSA) is 58.4 Å². The average molecular weight is 406 g/mol. The van der Waals surface area contributed by atoms with Gasteiger partial charge in [0.15, 0.2) is 11.7 Å². The summed E-state index contributed by atoms with van der Waals surface area (Å²) >= 11 is 6.01. The van der Waals surface area contributed by atoms with Crippen molar-refractivity contribution in [2.24, 2.45) is 0 Å². The van der Waals surface area contributed by atoms with E-state index < -0.39 is 11.6 Å². The van der Waals surface area contributed by atoms with Gasteiger partial charge < -0.3 is 14.6 Å². The zero-order valence-corrected chi connectivity index (χ0v) is 16.1. The zero-order valence-electron chi connectivity index (χ0n) is 15.3. The SMILES string of the molecule is CN(C)c1ccc(Cl)cc1NC(=O)CCc1ncc(-c2ccc(F)cc2F)o1. The summed E-state index contributed by atoms with van der Waals surface area (Å²) in [6.45, 7) is 0. The minimum Gasteiger partial charge on any atom is -0.441 e. The smallest absolute Gasteiger partial charge is 0.224 e. The third-order valence-electron chi connectivity index (χ3n) is 4.03. The van der Waals surface area contributed by atoms with Crippen molar-refractivity contribution in [3.63, 3.8) is 0 Å². The Morgan fingerprint density at radius 2 is 2.00 bits per heavy atom. The molecule has 0 fully saturated rings. The normalized spacial score (nSPS) is 10.8. The number of nitrogens with one attached hydrogen (secondary N) is 1. The Morgan fingerprint density at radius 3 is 2.71 bits per heavy atom. The van der Waals surface area contributed by atoms with Crippen LogP contribution in [0.5, 0.6) is 0 Å². The number of hydrogen-bond donors (Lipinski definition) is 1. The molecule has 28 heavy (non-hydrogen) atoms. The molecule has 1 N–H and O–H groups in total. The van der Waals surface area contributed by atoms with Crippen molar-refractivity contribution in [2.45, 2.75) is 12.8 Å². The minimum atomic E-state index is -0.738. The lowest BCUT2D eigenvalue weighted by molar-refractivity contribution is -0.116. The average Bonchev–Trinajstić information content (AvgIpc) is 3.08. The third-order valence-corrected chi connectivity index (χ3v) is 4.27. The van der Waals surface area contributed by atoms with Crippen LogP contribution in [-0.2, 0) is 11.2 Å². The number of amides is 1. The highest BCUT2D eigenvalue weighted by molar-refractivity contribution is 6.31. The number of benzene rings is 2. The maximum atomic E-state index is 13.8. The molecule has 0 saturated carbocycles. The second kappa shape index (κ2) is 8.39. The summed E-state index contributed by atoms with van der Waals surface area (Å²) in [6, 6.07) is 8.43. The molecule has 5 nitrogen and oxygen atoms in total. The second-order valence-corrected chi connectivity index (χ2v) is 6.78. The molecule has 0 saturated heterocycles. The molecule has 0 spiro atoms. The second-order valence-electron chi connectivity index (χ2n) is 6.35. The number of carbonyl (C=O) groups excluding carboxylic acids is 1. The Morgan fingerprint density at radius 1 is 1.21 bits per heavy atom. The lowest BCUT2D eigenvalue weighted by atomic mass is 10.2. The third kappa shape index (κ3) is 4.67. The molecule has 3 rings (SSSR count).